The van der Waals surface area contributed by atoms with E-state index in [4.69, 9.17) is 0 Å². The molecule has 0 atom stereocenters. The number of aryl methyl sites for hydroxylation is 8. The van der Waals surface area contributed by atoms with Gasteiger partial charge in [-0.25, -0.2) is 39.4 Å². The van der Waals surface area contributed by atoms with Gasteiger partial charge < -0.3 is 0 Å². The molecular formula is C42H59N9S2. The van der Waals surface area contributed by atoms with E-state index in [9.17, 15) is 0 Å². The maximum absolute atomic E-state index is 4.33. The van der Waals surface area contributed by atoms with Crippen LogP contribution in [0.25, 0.3) is 37.0 Å². The van der Waals surface area contributed by atoms with Crippen molar-refractivity contribution in [3.05, 3.63) is 111 Å². The number of para-hydroxylation sites is 1. The van der Waals surface area contributed by atoms with E-state index in [2.05, 4.69) is 46.1 Å². The van der Waals surface area contributed by atoms with Crippen LogP contribution >= 0.6 is 22.7 Å². The topological polar surface area (TPSA) is 108 Å². The maximum Gasteiger partial charge on any atom is 0.155 e. The van der Waals surface area contributed by atoms with Gasteiger partial charge in [-0.3, -0.25) is 0 Å². The summed E-state index contributed by atoms with van der Waals surface area (Å²) in [6, 6.07) is 16.1. The fourth-order valence-electron chi connectivity index (χ4n) is 4.90. The van der Waals surface area contributed by atoms with Crippen LogP contribution in [0.3, 0.4) is 0 Å². The largest absolute Gasteiger partial charge is 0.238 e. The summed E-state index contributed by atoms with van der Waals surface area (Å²) in [5.41, 5.74) is 8.40. The zero-order valence-electron chi connectivity index (χ0n) is 34.7. The number of thiophene rings is 2. The quantitative estimate of drug-likeness (QED) is 0.151. The number of aromatic nitrogens is 9. The van der Waals surface area contributed by atoms with E-state index >= 15 is 0 Å². The van der Waals surface area contributed by atoms with E-state index in [1.807, 2.05) is 169 Å². The third-order valence-corrected chi connectivity index (χ3v) is 8.60. The fraction of sp³-hybridized carbons (Fsp3) is 0.381. The van der Waals surface area contributed by atoms with Crippen molar-refractivity contribution in [1.82, 2.24) is 44.5 Å². The molecule has 0 aliphatic rings. The zero-order chi connectivity index (χ0) is 40.1. The molecule has 0 aliphatic heterocycles. The van der Waals surface area contributed by atoms with Crippen molar-refractivity contribution in [1.29, 1.82) is 0 Å². The van der Waals surface area contributed by atoms with Gasteiger partial charge in [-0.15, -0.1) is 22.7 Å². The van der Waals surface area contributed by atoms with Crippen LogP contribution in [-0.4, -0.2) is 44.5 Å². The maximum atomic E-state index is 4.33. The van der Waals surface area contributed by atoms with Gasteiger partial charge in [-0.05, 0) is 90.4 Å². The minimum atomic E-state index is 0.839. The summed E-state index contributed by atoms with van der Waals surface area (Å²) in [4.78, 5) is 31.1. The first-order valence-electron chi connectivity index (χ1n) is 18.4. The number of fused-ring (bicyclic) bond motifs is 4. The van der Waals surface area contributed by atoms with Crippen molar-refractivity contribution in [2.75, 3.05) is 0 Å². The first kappa shape index (κ1) is 46.3. The van der Waals surface area contributed by atoms with Gasteiger partial charge in [0.1, 0.15) is 22.3 Å². The Bertz CT molecular complexity index is 2050. The molecule has 0 spiro atoms. The van der Waals surface area contributed by atoms with Gasteiger partial charge in [0.2, 0.25) is 0 Å². The molecule has 284 valence electrons. The lowest BCUT2D eigenvalue weighted by atomic mass is 10.2. The Morgan fingerprint density at radius 2 is 1.04 bits per heavy atom. The molecule has 0 bridgehead atoms. The number of rotatable bonds is 0. The van der Waals surface area contributed by atoms with Gasteiger partial charge >= 0.3 is 0 Å². The SMILES string of the molecule is CC.CC.CC.CC.Cc1cc(C)n2nccc2n1.Cc1nc(C)c2ccccc2n1.Cc1nc(C)c2ccsc2n1.Cc1nc(C)c2sccc2n1. The van der Waals surface area contributed by atoms with Gasteiger partial charge in [0.25, 0.3) is 0 Å². The smallest absolute Gasteiger partial charge is 0.155 e. The van der Waals surface area contributed by atoms with Crippen molar-refractivity contribution >= 4 is 59.7 Å². The van der Waals surface area contributed by atoms with Crippen molar-refractivity contribution in [3.8, 4) is 0 Å². The molecule has 0 N–H and O–H groups in total. The Morgan fingerprint density at radius 3 is 1.70 bits per heavy atom. The second-order valence-corrected chi connectivity index (χ2v) is 12.3. The van der Waals surface area contributed by atoms with E-state index in [0.29, 0.717) is 0 Å². The Hall–Kier alpha value is -4.74. The van der Waals surface area contributed by atoms with Crippen molar-refractivity contribution < 1.29 is 0 Å². The molecule has 7 heterocycles. The molecule has 0 radical (unpaired) electrons. The van der Waals surface area contributed by atoms with Crippen molar-refractivity contribution in [2.24, 2.45) is 0 Å². The molecule has 0 fully saturated rings. The second kappa shape index (κ2) is 24.5. The highest BCUT2D eigenvalue weighted by atomic mass is 32.1. The Labute approximate surface area is 325 Å². The predicted octanol–water partition coefficient (Wildman–Crippen LogP) is 12.3. The lowest BCUT2D eigenvalue weighted by Crippen LogP contribution is -1.96. The summed E-state index contributed by atoms with van der Waals surface area (Å²) in [5.74, 6) is 2.55. The van der Waals surface area contributed by atoms with Gasteiger partial charge in [-0.1, -0.05) is 73.6 Å². The van der Waals surface area contributed by atoms with E-state index < -0.39 is 0 Å². The van der Waals surface area contributed by atoms with Crippen LogP contribution < -0.4 is 0 Å². The van der Waals surface area contributed by atoms with E-state index in [-0.39, 0.29) is 0 Å². The fourth-order valence-corrected chi connectivity index (χ4v) is 6.54. The molecule has 0 aliphatic carbocycles. The van der Waals surface area contributed by atoms with Crippen LogP contribution in [-0.2, 0) is 0 Å². The number of benzene rings is 1. The number of nitrogens with zero attached hydrogens (tertiary/aromatic N) is 9. The molecular weight excluding hydrogens is 695 g/mol. The van der Waals surface area contributed by atoms with E-state index in [0.717, 1.165) is 72.8 Å². The average Bonchev–Trinajstić information content (AvgIpc) is 3.95. The summed E-state index contributed by atoms with van der Waals surface area (Å²) in [6.07, 6.45) is 1.76. The monoisotopic (exact) mass is 753 g/mol. The first-order valence-corrected chi connectivity index (χ1v) is 20.2. The second-order valence-electron chi connectivity index (χ2n) is 10.5. The first-order chi connectivity index (χ1) is 25.6. The standard InChI is InChI=1S/C10H10N2.C8H9N3.2C8H8N2S.4C2H6/c1-7-9-5-3-4-6-10(9)12-8(2)11-7;1-6-5-7(2)11-8(10-6)3-4-9-11;1-5-8-7(3-4-11-8)10-6(2)9-5;1-5-7-3-4-11-8(7)10-6(2)9-5;4*1-2/h3-6H,1-2H3;3-5H,1-2H3;2*3-4H,1-2H3;4*1-2H3. The van der Waals surface area contributed by atoms with Crippen molar-refractivity contribution in [2.45, 2.75) is 111 Å². The Kier molecular flexibility index (Phi) is 21.4. The van der Waals surface area contributed by atoms with Crippen LogP contribution in [0.4, 0.5) is 0 Å². The molecule has 53 heavy (non-hydrogen) atoms. The molecule has 11 heteroatoms. The Morgan fingerprint density at radius 1 is 0.491 bits per heavy atom. The van der Waals surface area contributed by atoms with Gasteiger partial charge in [0, 0.05) is 39.6 Å². The van der Waals surface area contributed by atoms with Gasteiger partial charge in [0.05, 0.1) is 27.6 Å². The molecule has 7 aromatic heterocycles. The van der Waals surface area contributed by atoms with E-state index in [1.165, 1.54) is 10.1 Å². The molecule has 1 aromatic carbocycles. The van der Waals surface area contributed by atoms with E-state index in [1.54, 1.807) is 28.9 Å². The number of hydrogen-bond acceptors (Lipinski definition) is 10. The van der Waals surface area contributed by atoms with Crippen LogP contribution in [0.5, 0.6) is 0 Å². The normalized spacial score (nSPS) is 9.51. The third kappa shape index (κ3) is 13.6. The summed E-state index contributed by atoms with van der Waals surface area (Å²) in [5, 5.41) is 10.5. The van der Waals surface area contributed by atoms with Crippen molar-refractivity contribution in [3.63, 3.8) is 0 Å². The van der Waals surface area contributed by atoms with Gasteiger partial charge in [0.15, 0.2) is 5.65 Å². The number of hydrogen-bond donors (Lipinski definition) is 0. The minimum absolute atomic E-state index is 0.839. The summed E-state index contributed by atoms with van der Waals surface area (Å²) >= 11 is 3.36. The summed E-state index contributed by atoms with van der Waals surface area (Å²) in [7, 11) is 0. The lowest BCUT2D eigenvalue weighted by Gasteiger charge is -2.00. The van der Waals surface area contributed by atoms with Crippen LogP contribution in [0.15, 0.2) is 65.5 Å². The molecule has 0 saturated carbocycles. The molecule has 0 amide bonds. The predicted molar refractivity (Wildman–Crippen MR) is 231 cm³/mol. The molecule has 8 rings (SSSR count). The van der Waals surface area contributed by atoms with Crippen LogP contribution in [0, 0.1) is 55.4 Å². The molecule has 8 aromatic rings. The lowest BCUT2D eigenvalue weighted by molar-refractivity contribution is 0.886. The van der Waals surface area contributed by atoms with Crippen LogP contribution in [0.2, 0.25) is 0 Å². The molecule has 0 saturated heterocycles. The molecule has 9 nitrogen and oxygen atoms in total. The zero-order valence-corrected chi connectivity index (χ0v) is 36.3. The van der Waals surface area contributed by atoms with Gasteiger partial charge in [-0.2, -0.15) is 5.10 Å². The minimum Gasteiger partial charge on any atom is -0.238 e. The highest BCUT2D eigenvalue weighted by Crippen LogP contribution is 2.21. The summed E-state index contributed by atoms with van der Waals surface area (Å²) < 4.78 is 3.03. The highest BCUT2D eigenvalue weighted by molar-refractivity contribution is 7.17. The average molecular weight is 754 g/mol. The highest BCUT2D eigenvalue weighted by Gasteiger charge is 2.03. The third-order valence-electron chi connectivity index (χ3n) is 6.78. The van der Waals surface area contributed by atoms with Crippen LogP contribution in [0.1, 0.15) is 101 Å². The Balaban J connectivity index is 0.000000332. The molecule has 0 unspecified atom stereocenters. The summed E-state index contributed by atoms with van der Waals surface area (Å²) in [6.45, 7) is 31.8.